The standard InChI is InChI=1S/C26H34N4O6/c1-35-21-8-6-16(11-22(21)36-2)13-30-25(33)19(27-26(30)34)7-9-23(31)28-12-17-10-18(15-28)20-4-3-5-24(32)29(20)14-17/h6,8,11,17-20H,3-5,7,9-10,12-15H2,1-2H3,(H,27,34)/t17-,18+,19+,20?/m1/s1. The topological polar surface area (TPSA) is 108 Å². The fraction of sp³-hybridized carbons (Fsp3) is 0.615. The third kappa shape index (κ3) is 4.60. The van der Waals surface area contributed by atoms with E-state index in [-0.39, 0.29) is 43.1 Å². The van der Waals surface area contributed by atoms with E-state index in [1.807, 2.05) is 4.90 Å². The van der Waals surface area contributed by atoms with Gasteiger partial charge in [0.1, 0.15) is 6.04 Å². The molecule has 194 valence electrons. The van der Waals surface area contributed by atoms with Crippen LogP contribution in [0.2, 0.25) is 0 Å². The van der Waals surface area contributed by atoms with Crippen LogP contribution in [0.15, 0.2) is 18.2 Å². The van der Waals surface area contributed by atoms with Gasteiger partial charge in [-0.05, 0) is 55.2 Å². The molecule has 10 heteroatoms. The van der Waals surface area contributed by atoms with E-state index in [9.17, 15) is 19.2 Å². The van der Waals surface area contributed by atoms with Crippen LogP contribution in [-0.2, 0) is 20.9 Å². The Labute approximate surface area is 210 Å². The SMILES string of the molecule is COc1ccc(CN2C(=O)N[C@@H](CCC(=O)N3C[C@H]4C[C@@H](C3)C3CCCC(=O)N3C4)C2=O)cc1OC. The van der Waals surface area contributed by atoms with Crippen molar-refractivity contribution in [2.45, 2.75) is 57.2 Å². The molecule has 0 saturated carbocycles. The van der Waals surface area contributed by atoms with Crippen molar-refractivity contribution >= 4 is 23.8 Å². The number of piperidine rings is 3. The number of urea groups is 1. The molecule has 0 spiro atoms. The average molecular weight is 499 g/mol. The van der Waals surface area contributed by atoms with Crippen LogP contribution < -0.4 is 14.8 Å². The molecule has 2 bridgehead atoms. The van der Waals surface area contributed by atoms with Crippen molar-refractivity contribution in [3.05, 3.63) is 23.8 Å². The van der Waals surface area contributed by atoms with Crippen LogP contribution in [0.5, 0.6) is 11.5 Å². The Hall–Kier alpha value is -3.30. The first-order valence-electron chi connectivity index (χ1n) is 12.8. The molecule has 0 aromatic heterocycles. The fourth-order valence-corrected chi connectivity index (χ4v) is 6.32. The number of amides is 5. The van der Waals surface area contributed by atoms with Crippen LogP contribution in [0.1, 0.15) is 44.1 Å². The largest absolute Gasteiger partial charge is 0.493 e. The first-order valence-corrected chi connectivity index (χ1v) is 12.8. The molecule has 1 unspecified atom stereocenters. The number of hydrogen-bond donors (Lipinski definition) is 1. The summed E-state index contributed by atoms with van der Waals surface area (Å²) in [5.74, 6) is 1.69. The van der Waals surface area contributed by atoms with E-state index < -0.39 is 12.1 Å². The van der Waals surface area contributed by atoms with Gasteiger partial charge in [0.15, 0.2) is 11.5 Å². The van der Waals surface area contributed by atoms with Gasteiger partial charge in [-0.3, -0.25) is 19.3 Å². The monoisotopic (exact) mass is 498 g/mol. The molecular weight excluding hydrogens is 464 g/mol. The number of rotatable bonds is 7. The normalized spacial score (nSPS) is 27.6. The number of benzene rings is 1. The zero-order valence-electron chi connectivity index (χ0n) is 20.9. The number of hydrogen-bond acceptors (Lipinski definition) is 6. The lowest BCUT2D eigenvalue weighted by Gasteiger charge is -2.52. The van der Waals surface area contributed by atoms with Gasteiger partial charge in [-0.25, -0.2) is 4.79 Å². The van der Waals surface area contributed by atoms with Crippen LogP contribution in [0.3, 0.4) is 0 Å². The van der Waals surface area contributed by atoms with Crippen molar-refractivity contribution < 1.29 is 28.7 Å². The molecular formula is C26H34N4O6. The third-order valence-corrected chi connectivity index (χ3v) is 8.08. The van der Waals surface area contributed by atoms with E-state index in [1.165, 1.54) is 12.0 Å². The maximum absolute atomic E-state index is 13.1. The van der Waals surface area contributed by atoms with Gasteiger partial charge < -0.3 is 24.6 Å². The summed E-state index contributed by atoms with van der Waals surface area (Å²) in [6.45, 7) is 2.18. The second-order valence-electron chi connectivity index (χ2n) is 10.3. The maximum atomic E-state index is 13.1. The zero-order valence-corrected chi connectivity index (χ0v) is 20.9. The third-order valence-electron chi connectivity index (χ3n) is 8.08. The Morgan fingerprint density at radius 3 is 2.67 bits per heavy atom. The first kappa shape index (κ1) is 24.4. The highest BCUT2D eigenvalue weighted by Gasteiger charge is 2.45. The number of carbonyl (C=O) groups is 4. The van der Waals surface area contributed by atoms with Gasteiger partial charge in [-0.1, -0.05) is 6.07 Å². The highest BCUT2D eigenvalue weighted by atomic mass is 16.5. The van der Waals surface area contributed by atoms with Crippen molar-refractivity contribution in [3.8, 4) is 11.5 Å². The molecule has 5 amide bonds. The van der Waals surface area contributed by atoms with Gasteiger partial charge >= 0.3 is 6.03 Å². The summed E-state index contributed by atoms with van der Waals surface area (Å²) in [4.78, 5) is 56.1. The van der Waals surface area contributed by atoms with Crippen molar-refractivity contribution in [2.75, 3.05) is 33.9 Å². The molecule has 0 aliphatic carbocycles. The van der Waals surface area contributed by atoms with E-state index in [1.54, 1.807) is 25.3 Å². The molecule has 4 heterocycles. The smallest absolute Gasteiger partial charge is 0.325 e. The Morgan fingerprint density at radius 1 is 1.08 bits per heavy atom. The fourth-order valence-electron chi connectivity index (χ4n) is 6.32. The van der Waals surface area contributed by atoms with Crippen LogP contribution in [-0.4, -0.2) is 84.4 Å². The minimum absolute atomic E-state index is 0.0145. The molecule has 10 nitrogen and oxygen atoms in total. The molecule has 4 saturated heterocycles. The van der Waals surface area contributed by atoms with E-state index in [2.05, 4.69) is 10.2 Å². The average Bonchev–Trinajstić information content (AvgIpc) is 3.15. The molecule has 4 aliphatic heterocycles. The highest BCUT2D eigenvalue weighted by Crippen LogP contribution is 2.38. The maximum Gasteiger partial charge on any atom is 0.325 e. The molecule has 0 radical (unpaired) electrons. The molecule has 1 aromatic rings. The summed E-state index contributed by atoms with van der Waals surface area (Å²) in [6.07, 6.45) is 4.13. The van der Waals surface area contributed by atoms with Crippen molar-refractivity contribution in [3.63, 3.8) is 0 Å². The number of ether oxygens (including phenoxy) is 2. The second kappa shape index (κ2) is 9.99. The lowest BCUT2D eigenvalue weighted by Crippen LogP contribution is -2.61. The number of carbonyl (C=O) groups excluding carboxylic acids is 4. The van der Waals surface area contributed by atoms with E-state index in [0.29, 0.717) is 42.8 Å². The number of imide groups is 1. The summed E-state index contributed by atoms with van der Waals surface area (Å²) < 4.78 is 10.6. The van der Waals surface area contributed by atoms with E-state index >= 15 is 0 Å². The van der Waals surface area contributed by atoms with E-state index in [0.717, 1.165) is 31.4 Å². The molecule has 4 atom stereocenters. The summed E-state index contributed by atoms with van der Waals surface area (Å²) in [5, 5.41) is 2.73. The number of nitrogens with zero attached hydrogens (tertiary/aromatic N) is 3. The minimum Gasteiger partial charge on any atom is -0.493 e. The van der Waals surface area contributed by atoms with Crippen LogP contribution >= 0.6 is 0 Å². The predicted molar refractivity (Wildman–Crippen MR) is 129 cm³/mol. The van der Waals surface area contributed by atoms with Crippen molar-refractivity contribution in [1.29, 1.82) is 0 Å². The van der Waals surface area contributed by atoms with Crippen LogP contribution in [0, 0.1) is 11.8 Å². The molecule has 4 aliphatic rings. The quantitative estimate of drug-likeness (QED) is 0.574. The minimum atomic E-state index is -0.711. The zero-order chi connectivity index (χ0) is 25.4. The Bertz CT molecular complexity index is 1060. The van der Waals surface area contributed by atoms with Gasteiger partial charge in [-0.15, -0.1) is 0 Å². The first-order chi connectivity index (χ1) is 17.4. The summed E-state index contributed by atoms with van der Waals surface area (Å²) in [6, 6.07) is 4.34. The number of likely N-dealkylation sites (tertiary alicyclic amines) is 1. The Balaban J connectivity index is 1.16. The van der Waals surface area contributed by atoms with Gasteiger partial charge in [-0.2, -0.15) is 0 Å². The van der Waals surface area contributed by atoms with Crippen LogP contribution in [0.4, 0.5) is 4.79 Å². The Morgan fingerprint density at radius 2 is 1.89 bits per heavy atom. The number of fused-ring (bicyclic) bond motifs is 4. The van der Waals surface area contributed by atoms with Crippen molar-refractivity contribution in [2.24, 2.45) is 11.8 Å². The molecule has 4 fully saturated rings. The molecule has 1 N–H and O–H groups in total. The Kier molecular flexibility index (Phi) is 6.77. The lowest BCUT2D eigenvalue weighted by atomic mass is 9.76. The summed E-state index contributed by atoms with van der Waals surface area (Å²) in [5.41, 5.74) is 0.739. The van der Waals surface area contributed by atoms with Gasteiger partial charge in [0.25, 0.3) is 5.91 Å². The predicted octanol–water partition coefficient (Wildman–Crippen LogP) is 1.76. The van der Waals surface area contributed by atoms with Gasteiger partial charge in [0.05, 0.1) is 20.8 Å². The lowest BCUT2D eigenvalue weighted by molar-refractivity contribution is -0.148. The van der Waals surface area contributed by atoms with Gasteiger partial charge in [0.2, 0.25) is 11.8 Å². The van der Waals surface area contributed by atoms with Gasteiger partial charge in [0, 0.05) is 38.5 Å². The number of nitrogens with one attached hydrogen (secondary N) is 1. The second-order valence-corrected chi connectivity index (χ2v) is 10.3. The molecule has 5 rings (SSSR count). The van der Waals surface area contributed by atoms with E-state index in [4.69, 9.17) is 9.47 Å². The molecule has 36 heavy (non-hydrogen) atoms. The summed E-state index contributed by atoms with van der Waals surface area (Å²) >= 11 is 0. The van der Waals surface area contributed by atoms with Crippen LogP contribution in [0.25, 0.3) is 0 Å². The highest BCUT2D eigenvalue weighted by molar-refractivity contribution is 6.04. The van der Waals surface area contributed by atoms with Crippen molar-refractivity contribution in [1.82, 2.24) is 20.0 Å². The number of methoxy groups -OCH3 is 2. The summed E-state index contributed by atoms with van der Waals surface area (Å²) in [7, 11) is 3.07. The molecule has 1 aromatic carbocycles.